The highest BCUT2D eigenvalue weighted by atomic mass is 16.6. The van der Waals surface area contributed by atoms with E-state index in [0.717, 1.165) is 22.9 Å². The van der Waals surface area contributed by atoms with Crippen LogP contribution in [0.4, 0.5) is 5.69 Å². The number of non-ortho nitro benzene ring substituents is 1. The molecule has 1 aromatic carbocycles. The van der Waals surface area contributed by atoms with E-state index < -0.39 is 0 Å². The first-order valence-electron chi connectivity index (χ1n) is 8.80. The van der Waals surface area contributed by atoms with E-state index in [1.807, 2.05) is 6.20 Å². The maximum atomic E-state index is 12.3. The number of H-pyrrole nitrogens is 1. The second-order valence-corrected chi connectivity index (χ2v) is 7.46. The third-order valence-corrected chi connectivity index (χ3v) is 4.24. The third-order valence-electron chi connectivity index (χ3n) is 4.24. The molecule has 2 rings (SSSR count). The molecule has 0 radical (unpaired) electrons. The van der Waals surface area contributed by atoms with Crippen LogP contribution in [0.2, 0.25) is 0 Å². The molecule has 0 aliphatic carbocycles. The number of hydrogen-bond acceptors (Lipinski definition) is 3. The Labute approximate surface area is 148 Å². The Balaban J connectivity index is 2.30. The summed E-state index contributed by atoms with van der Waals surface area (Å²) in [6, 6.07) is 4.82. The fourth-order valence-corrected chi connectivity index (χ4v) is 3.08. The summed E-state index contributed by atoms with van der Waals surface area (Å²) in [5, 5.41) is 14.9. The molecule has 0 fully saturated rings. The Morgan fingerprint density at radius 3 is 2.56 bits per heavy atom. The zero-order valence-electron chi connectivity index (χ0n) is 15.3. The second kappa shape index (κ2) is 8.14. The van der Waals surface area contributed by atoms with E-state index >= 15 is 0 Å². The van der Waals surface area contributed by atoms with Crippen molar-refractivity contribution in [3.63, 3.8) is 0 Å². The van der Waals surface area contributed by atoms with Gasteiger partial charge in [-0.15, -0.1) is 0 Å². The maximum Gasteiger partial charge on any atom is 0.270 e. The molecule has 6 heteroatoms. The van der Waals surface area contributed by atoms with Crippen molar-refractivity contribution >= 4 is 22.5 Å². The van der Waals surface area contributed by atoms with E-state index in [2.05, 4.69) is 38.0 Å². The molecule has 1 atom stereocenters. The fraction of sp³-hybridized carbons (Fsp3) is 0.526. The lowest BCUT2D eigenvalue weighted by Gasteiger charge is -2.19. The van der Waals surface area contributed by atoms with Crippen LogP contribution in [-0.4, -0.2) is 22.4 Å². The van der Waals surface area contributed by atoms with Crippen molar-refractivity contribution in [2.75, 3.05) is 6.54 Å². The number of carbonyl (C=O) groups excluding carboxylic acids is 1. The molecule has 0 aliphatic rings. The zero-order valence-corrected chi connectivity index (χ0v) is 15.3. The molecule has 136 valence electrons. The van der Waals surface area contributed by atoms with Gasteiger partial charge in [0.05, 0.1) is 4.92 Å². The molecule has 0 saturated carbocycles. The standard InChI is InChI=1S/C19H27N3O3/c1-12(2)7-14(8-19(23)21-10-13(3)4)17-11-20-18-6-5-15(22(24)25)9-16(17)18/h5-6,9,11-14,20H,7-8,10H2,1-4H3,(H,21,23)/t14-/m0/s1. The summed E-state index contributed by atoms with van der Waals surface area (Å²) in [5.41, 5.74) is 1.91. The molecular formula is C19H27N3O3. The van der Waals surface area contributed by atoms with Crippen LogP contribution >= 0.6 is 0 Å². The van der Waals surface area contributed by atoms with E-state index in [1.54, 1.807) is 12.1 Å². The topological polar surface area (TPSA) is 88.0 Å². The molecule has 2 N–H and O–H groups in total. The maximum absolute atomic E-state index is 12.3. The zero-order chi connectivity index (χ0) is 18.6. The van der Waals surface area contributed by atoms with Gasteiger partial charge in [0.15, 0.2) is 0 Å². The molecule has 0 unspecified atom stereocenters. The van der Waals surface area contributed by atoms with Crippen LogP contribution in [0, 0.1) is 22.0 Å². The number of hydrogen-bond donors (Lipinski definition) is 2. The van der Waals surface area contributed by atoms with Crippen molar-refractivity contribution in [3.05, 3.63) is 40.1 Å². The summed E-state index contributed by atoms with van der Waals surface area (Å²) >= 11 is 0. The van der Waals surface area contributed by atoms with Crippen molar-refractivity contribution in [2.24, 2.45) is 11.8 Å². The molecule has 0 bridgehead atoms. The van der Waals surface area contributed by atoms with Crippen LogP contribution in [0.1, 0.15) is 52.0 Å². The van der Waals surface area contributed by atoms with Crippen molar-refractivity contribution < 1.29 is 9.72 Å². The predicted molar refractivity (Wildman–Crippen MR) is 99.6 cm³/mol. The number of nitrogens with one attached hydrogen (secondary N) is 2. The molecule has 1 aromatic heterocycles. The molecule has 2 aromatic rings. The first kappa shape index (κ1) is 19.0. The molecular weight excluding hydrogens is 318 g/mol. The highest BCUT2D eigenvalue weighted by molar-refractivity contribution is 5.87. The number of aromatic nitrogens is 1. The summed E-state index contributed by atoms with van der Waals surface area (Å²) in [5.74, 6) is 0.886. The largest absolute Gasteiger partial charge is 0.361 e. The first-order valence-corrected chi connectivity index (χ1v) is 8.80. The van der Waals surface area contributed by atoms with Gasteiger partial charge in [0, 0.05) is 42.2 Å². The highest BCUT2D eigenvalue weighted by Crippen LogP contribution is 2.34. The molecule has 0 aliphatic heterocycles. The van der Waals surface area contributed by atoms with Gasteiger partial charge in [-0.25, -0.2) is 0 Å². The van der Waals surface area contributed by atoms with E-state index in [4.69, 9.17) is 0 Å². The van der Waals surface area contributed by atoms with Gasteiger partial charge in [-0.1, -0.05) is 27.7 Å². The Kier molecular flexibility index (Phi) is 6.17. The van der Waals surface area contributed by atoms with Crippen LogP contribution in [0.5, 0.6) is 0 Å². The Hall–Kier alpha value is -2.37. The summed E-state index contributed by atoms with van der Waals surface area (Å²) in [4.78, 5) is 26.2. The van der Waals surface area contributed by atoms with Crippen molar-refractivity contribution in [3.8, 4) is 0 Å². The van der Waals surface area contributed by atoms with Gasteiger partial charge in [-0.2, -0.15) is 0 Å². The number of aromatic amines is 1. The van der Waals surface area contributed by atoms with Crippen molar-refractivity contribution in [2.45, 2.75) is 46.5 Å². The SMILES string of the molecule is CC(C)CNC(=O)C[C@H](CC(C)C)c1c[nH]c2ccc([N+](=O)[O-])cc12. The lowest BCUT2D eigenvalue weighted by Crippen LogP contribution is -2.28. The molecule has 0 saturated heterocycles. The van der Waals surface area contributed by atoms with Crippen LogP contribution in [0.15, 0.2) is 24.4 Å². The number of fused-ring (bicyclic) bond motifs is 1. The summed E-state index contributed by atoms with van der Waals surface area (Å²) in [6.45, 7) is 9.02. The number of nitrogens with zero attached hydrogens (tertiary/aromatic N) is 1. The molecule has 6 nitrogen and oxygen atoms in total. The average molecular weight is 345 g/mol. The van der Waals surface area contributed by atoms with E-state index in [1.165, 1.54) is 6.07 Å². The molecule has 25 heavy (non-hydrogen) atoms. The minimum atomic E-state index is -0.386. The van der Waals surface area contributed by atoms with Gasteiger partial charge in [-0.05, 0) is 35.8 Å². The second-order valence-electron chi connectivity index (χ2n) is 7.46. The van der Waals surface area contributed by atoms with E-state index in [-0.39, 0.29) is 22.4 Å². The lowest BCUT2D eigenvalue weighted by molar-refractivity contribution is -0.384. The minimum absolute atomic E-state index is 0.0270. The highest BCUT2D eigenvalue weighted by Gasteiger charge is 2.22. The average Bonchev–Trinajstić information content (AvgIpc) is 2.94. The number of amides is 1. The Morgan fingerprint density at radius 2 is 1.96 bits per heavy atom. The number of rotatable bonds is 8. The van der Waals surface area contributed by atoms with Gasteiger partial charge in [0.25, 0.3) is 5.69 Å². The van der Waals surface area contributed by atoms with Crippen LogP contribution in [0.3, 0.4) is 0 Å². The van der Waals surface area contributed by atoms with Gasteiger partial charge < -0.3 is 10.3 Å². The summed E-state index contributed by atoms with van der Waals surface area (Å²) in [6.07, 6.45) is 3.13. The van der Waals surface area contributed by atoms with Crippen LogP contribution in [-0.2, 0) is 4.79 Å². The fourth-order valence-electron chi connectivity index (χ4n) is 3.08. The first-order chi connectivity index (χ1) is 11.8. The van der Waals surface area contributed by atoms with Gasteiger partial charge in [-0.3, -0.25) is 14.9 Å². The van der Waals surface area contributed by atoms with Crippen LogP contribution < -0.4 is 5.32 Å². The number of carbonyl (C=O) groups is 1. The number of nitro benzene ring substituents is 1. The quantitative estimate of drug-likeness (QED) is 0.550. The Bertz CT molecular complexity index is 749. The molecule has 1 heterocycles. The number of benzene rings is 1. The smallest absolute Gasteiger partial charge is 0.270 e. The summed E-state index contributed by atoms with van der Waals surface area (Å²) < 4.78 is 0. The molecule has 1 amide bonds. The third kappa shape index (κ3) is 5.05. The lowest BCUT2D eigenvalue weighted by atomic mass is 9.87. The summed E-state index contributed by atoms with van der Waals surface area (Å²) in [7, 11) is 0. The normalized spacial score (nSPS) is 12.7. The van der Waals surface area contributed by atoms with Crippen LogP contribution in [0.25, 0.3) is 10.9 Å². The van der Waals surface area contributed by atoms with Crippen molar-refractivity contribution in [1.82, 2.24) is 10.3 Å². The van der Waals surface area contributed by atoms with Gasteiger partial charge >= 0.3 is 0 Å². The Morgan fingerprint density at radius 1 is 1.24 bits per heavy atom. The van der Waals surface area contributed by atoms with Gasteiger partial charge in [0.1, 0.15) is 0 Å². The van der Waals surface area contributed by atoms with E-state index in [0.29, 0.717) is 24.8 Å². The predicted octanol–water partition coefficient (Wildman–Crippen LogP) is 4.37. The monoisotopic (exact) mass is 345 g/mol. The van der Waals surface area contributed by atoms with E-state index in [9.17, 15) is 14.9 Å². The number of nitro groups is 1. The minimum Gasteiger partial charge on any atom is -0.361 e. The van der Waals surface area contributed by atoms with Gasteiger partial charge in [0.2, 0.25) is 5.91 Å². The van der Waals surface area contributed by atoms with Crippen molar-refractivity contribution in [1.29, 1.82) is 0 Å². The molecule has 0 spiro atoms.